The number of nitrogens with one attached hydrogen (secondary N) is 1. The second kappa shape index (κ2) is 5.51. The number of pyridine rings is 1. The van der Waals surface area contributed by atoms with Crippen LogP contribution in [0.1, 0.15) is 20.8 Å². The predicted octanol–water partition coefficient (Wildman–Crippen LogP) is 2.62. The van der Waals surface area contributed by atoms with Gasteiger partial charge in [0.05, 0.1) is 11.0 Å². The quantitative estimate of drug-likeness (QED) is 0.879. The number of nitrogens with zero attached hydrogens (tertiary/aromatic N) is 3. The number of aromatic amines is 1. The van der Waals surface area contributed by atoms with Gasteiger partial charge in [0.25, 0.3) is 0 Å². The number of ether oxygens (including phenoxy) is 1. The van der Waals surface area contributed by atoms with Gasteiger partial charge in [-0.25, -0.2) is 9.78 Å². The topological polar surface area (TPSA) is 61.5 Å². The number of fused-ring (bicyclic) bond motifs is 1. The van der Waals surface area contributed by atoms with Gasteiger partial charge in [0, 0.05) is 32.4 Å². The summed E-state index contributed by atoms with van der Waals surface area (Å²) >= 11 is 0. The number of anilines is 1. The van der Waals surface area contributed by atoms with Crippen LogP contribution in [0, 0.1) is 0 Å². The van der Waals surface area contributed by atoms with Crippen LogP contribution in [-0.4, -0.2) is 52.7 Å². The first-order valence-corrected chi connectivity index (χ1v) is 7.59. The Morgan fingerprint density at radius 3 is 2.59 bits per heavy atom. The van der Waals surface area contributed by atoms with Crippen molar-refractivity contribution in [2.75, 3.05) is 31.1 Å². The molecule has 6 nitrogen and oxygen atoms in total. The highest BCUT2D eigenvalue weighted by molar-refractivity contribution is 5.77. The number of rotatable bonds is 1. The molecule has 0 spiro atoms. The molecule has 22 heavy (non-hydrogen) atoms. The van der Waals surface area contributed by atoms with E-state index in [9.17, 15) is 4.79 Å². The van der Waals surface area contributed by atoms with Crippen molar-refractivity contribution in [3.05, 3.63) is 24.4 Å². The van der Waals surface area contributed by atoms with E-state index in [-0.39, 0.29) is 6.09 Å². The van der Waals surface area contributed by atoms with Crippen LogP contribution in [-0.2, 0) is 4.74 Å². The van der Waals surface area contributed by atoms with Gasteiger partial charge < -0.3 is 19.5 Å². The SMILES string of the molecule is CC(C)(C)OC(=O)N1CCN(c2ccc3[nH]ccc3n2)CC1. The Labute approximate surface area is 130 Å². The average molecular weight is 302 g/mol. The second-order valence-corrected chi connectivity index (χ2v) is 6.53. The molecule has 0 bridgehead atoms. The largest absolute Gasteiger partial charge is 0.444 e. The molecule has 1 aliphatic heterocycles. The number of hydrogen-bond acceptors (Lipinski definition) is 4. The fourth-order valence-electron chi connectivity index (χ4n) is 2.54. The Morgan fingerprint density at radius 1 is 1.18 bits per heavy atom. The van der Waals surface area contributed by atoms with Crippen LogP contribution in [0.15, 0.2) is 24.4 Å². The van der Waals surface area contributed by atoms with E-state index >= 15 is 0 Å². The van der Waals surface area contributed by atoms with Crippen molar-refractivity contribution in [1.29, 1.82) is 0 Å². The zero-order chi connectivity index (χ0) is 15.7. The number of piperazine rings is 1. The predicted molar refractivity (Wildman–Crippen MR) is 86.1 cm³/mol. The summed E-state index contributed by atoms with van der Waals surface area (Å²) < 4.78 is 5.41. The molecule has 1 amide bonds. The molecule has 3 rings (SSSR count). The van der Waals surface area contributed by atoms with Gasteiger partial charge >= 0.3 is 6.09 Å². The van der Waals surface area contributed by atoms with Crippen LogP contribution >= 0.6 is 0 Å². The van der Waals surface area contributed by atoms with E-state index in [2.05, 4.69) is 14.9 Å². The Bertz CT molecular complexity index is 666. The van der Waals surface area contributed by atoms with E-state index < -0.39 is 5.60 Å². The Morgan fingerprint density at radius 2 is 1.91 bits per heavy atom. The molecule has 1 saturated heterocycles. The zero-order valence-corrected chi connectivity index (χ0v) is 13.3. The number of carbonyl (C=O) groups excluding carboxylic acids is 1. The van der Waals surface area contributed by atoms with Gasteiger partial charge in [0.2, 0.25) is 0 Å². The summed E-state index contributed by atoms with van der Waals surface area (Å²) in [5.41, 5.74) is 1.55. The van der Waals surface area contributed by atoms with E-state index in [0.29, 0.717) is 13.1 Å². The summed E-state index contributed by atoms with van der Waals surface area (Å²) in [4.78, 5) is 23.8. The van der Waals surface area contributed by atoms with Crippen molar-refractivity contribution in [1.82, 2.24) is 14.9 Å². The van der Waals surface area contributed by atoms with Gasteiger partial charge in [-0.15, -0.1) is 0 Å². The summed E-state index contributed by atoms with van der Waals surface area (Å²) in [5, 5.41) is 0. The van der Waals surface area contributed by atoms with Gasteiger partial charge in [0.1, 0.15) is 11.4 Å². The van der Waals surface area contributed by atoms with Crippen LogP contribution in [0.5, 0.6) is 0 Å². The van der Waals surface area contributed by atoms with E-state index in [4.69, 9.17) is 4.74 Å². The van der Waals surface area contributed by atoms with Crippen LogP contribution in [0.3, 0.4) is 0 Å². The minimum Gasteiger partial charge on any atom is -0.444 e. The smallest absolute Gasteiger partial charge is 0.410 e. The van der Waals surface area contributed by atoms with Crippen molar-refractivity contribution in [3.63, 3.8) is 0 Å². The monoisotopic (exact) mass is 302 g/mol. The number of carbonyl (C=O) groups is 1. The first-order valence-electron chi connectivity index (χ1n) is 7.59. The van der Waals surface area contributed by atoms with E-state index in [1.54, 1.807) is 4.90 Å². The van der Waals surface area contributed by atoms with E-state index in [1.807, 2.05) is 45.2 Å². The molecule has 0 radical (unpaired) electrons. The molecule has 1 N–H and O–H groups in total. The maximum atomic E-state index is 12.1. The Hall–Kier alpha value is -2.24. The standard InChI is InChI=1S/C16H22N4O2/c1-16(2,3)22-15(21)20-10-8-19(9-11-20)14-5-4-12-13(18-14)6-7-17-12/h4-7,17H,8-11H2,1-3H3. The lowest BCUT2D eigenvalue weighted by molar-refractivity contribution is 0.0240. The molecule has 0 saturated carbocycles. The Balaban J connectivity index is 1.62. The van der Waals surface area contributed by atoms with Crippen LogP contribution in [0.4, 0.5) is 10.6 Å². The van der Waals surface area contributed by atoms with Crippen molar-refractivity contribution >= 4 is 22.9 Å². The fourth-order valence-corrected chi connectivity index (χ4v) is 2.54. The van der Waals surface area contributed by atoms with Crippen LogP contribution < -0.4 is 4.90 Å². The van der Waals surface area contributed by atoms with Crippen molar-refractivity contribution in [3.8, 4) is 0 Å². The van der Waals surface area contributed by atoms with E-state index in [1.165, 1.54) is 0 Å². The minimum atomic E-state index is -0.449. The van der Waals surface area contributed by atoms with Gasteiger partial charge in [-0.05, 0) is 39.0 Å². The Kier molecular flexibility index (Phi) is 3.68. The number of hydrogen-bond donors (Lipinski definition) is 1. The number of aromatic nitrogens is 2. The highest BCUT2D eigenvalue weighted by atomic mass is 16.6. The van der Waals surface area contributed by atoms with Gasteiger partial charge in [-0.3, -0.25) is 0 Å². The lowest BCUT2D eigenvalue weighted by atomic mass is 10.2. The second-order valence-electron chi connectivity index (χ2n) is 6.53. The average Bonchev–Trinajstić information content (AvgIpc) is 2.93. The molecule has 0 unspecified atom stereocenters. The third-order valence-electron chi connectivity index (χ3n) is 3.65. The maximum Gasteiger partial charge on any atom is 0.410 e. The van der Waals surface area contributed by atoms with Crippen LogP contribution in [0.2, 0.25) is 0 Å². The van der Waals surface area contributed by atoms with E-state index in [0.717, 1.165) is 29.9 Å². The first-order chi connectivity index (χ1) is 10.4. The molecule has 1 aliphatic rings. The zero-order valence-electron chi connectivity index (χ0n) is 13.3. The molecule has 6 heteroatoms. The third-order valence-corrected chi connectivity index (χ3v) is 3.65. The summed E-state index contributed by atoms with van der Waals surface area (Å²) in [6.45, 7) is 8.50. The molecule has 118 valence electrons. The summed E-state index contributed by atoms with van der Waals surface area (Å²) in [6, 6.07) is 6.02. The molecular weight excluding hydrogens is 280 g/mol. The highest BCUT2D eigenvalue weighted by Gasteiger charge is 2.26. The normalized spacial score (nSPS) is 16.1. The molecule has 0 aromatic carbocycles. The number of H-pyrrole nitrogens is 1. The lowest BCUT2D eigenvalue weighted by Gasteiger charge is -2.36. The van der Waals surface area contributed by atoms with Crippen molar-refractivity contribution in [2.24, 2.45) is 0 Å². The minimum absolute atomic E-state index is 0.235. The lowest BCUT2D eigenvalue weighted by Crippen LogP contribution is -2.50. The van der Waals surface area contributed by atoms with Gasteiger partial charge in [-0.1, -0.05) is 0 Å². The van der Waals surface area contributed by atoms with Crippen LogP contribution in [0.25, 0.3) is 11.0 Å². The summed E-state index contributed by atoms with van der Waals surface area (Å²) in [6.07, 6.45) is 1.66. The van der Waals surface area contributed by atoms with Crippen molar-refractivity contribution < 1.29 is 9.53 Å². The summed E-state index contributed by atoms with van der Waals surface area (Å²) in [5.74, 6) is 0.955. The summed E-state index contributed by atoms with van der Waals surface area (Å²) in [7, 11) is 0. The molecule has 2 aromatic heterocycles. The highest BCUT2D eigenvalue weighted by Crippen LogP contribution is 2.19. The van der Waals surface area contributed by atoms with Gasteiger partial charge in [-0.2, -0.15) is 0 Å². The molecular formula is C16H22N4O2. The van der Waals surface area contributed by atoms with Crippen molar-refractivity contribution in [2.45, 2.75) is 26.4 Å². The van der Waals surface area contributed by atoms with Gasteiger partial charge in [0.15, 0.2) is 0 Å². The first kappa shape index (κ1) is 14.7. The molecule has 0 atom stereocenters. The number of amides is 1. The third kappa shape index (κ3) is 3.16. The maximum absolute atomic E-state index is 12.1. The fraction of sp³-hybridized carbons (Fsp3) is 0.500. The molecule has 1 fully saturated rings. The molecule has 0 aliphatic carbocycles. The molecule has 3 heterocycles. The molecule has 2 aromatic rings.